The highest BCUT2D eigenvalue weighted by Gasteiger charge is 2.31. The fraction of sp³-hybridized carbons (Fsp3) is 0.375. The van der Waals surface area contributed by atoms with E-state index < -0.39 is 11.8 Å². The van der Waals surface area contributed by atoms with Crippen LogP contribution in [0.2, 0.25) is 10.0 Å². The van der Waals surface area contributed by atoms with Crippen molar-refractivity contribution in [2.24, 2.45) is 5.92 Å². The van der Waals surface area contributed by atoms with Gasteiger partial charge in [-0.3, -0.25) is 14.5 Å². The summed E-state index contributed by atoms with van der Waals surface area (Å²) in [6, 6.07) is 17.0. The molecule has 2 saturated heterocycles. The number of aliphatic carboxylic acids is 1. The van der Waals surface area contributed by atoms with E-state index in [2.05, 4.69) is 20.5 Å². The molecule has 1 amide bonds. The molecule has 3 heterocycles. The lowest BCUT2D eigenvalue weighted by Crippen LogP contribution is -2.35. The molecule has 0 spiro atoms. The van der Waals surface area contributed by atoms with Gasteiger partial charge >= 0.3 is 5.97 Å². The quantitative estimate of drug-likeness (QED) is 0.130. The Kier molecular flexibility index (Phi) is 11.1. The van der Waals surface area contributed by atoms with Gasteiger partial charge in [0.25, 0.3) is 0 Å². The number of pyridine rings is 1. The molecule has 4 aromatic rings. The van der Waals surface area contributed by atoms with Crippen LogP contribution in [0.1, 0.15) is 54.0 Å². The van der Waals surface area contributed by atoms with E-state index in [-0.39, 0.29) is 35.6 Å². The first-order valence-corrected chi connectivity index (χ1v) is 18.5. The van der Waals surface area contributed by atoms with Gasteiger partial charge in [0, 0.05) is 66.5 Å². The van der Waals surface area contributed by atoms with E-state index in [4.69, 9.17) is 37.4 Å². The summed E-state index contributed by atoms with van der Waals surface area (Å²) in [7, 11) is 2.99. The molecule has 1 aliphatic carbocycles. The van der Waals surface area contributed by atoms with Crippen molar-refractivity contribution in [1.82, 2.24) is 20.5 Å². The first-order valence-electron chi connectivity index (χ1n) is 17.8. The van der Waals surface area contributed by atoms with E-state index in [0.717, 1.165) is 40.7 Å². The maximum Gasteiger partial charge on any atom is 0.307 e. The van der Waals surface area contributed by atoms with Crippen LogP contribution < -0.4 is 24.8 Å². The Labute approximate surface area is 317 Å². The highest BCUT2D eigenvalue weighted by Crippen LogP contribution is 2.45. The van der Waals surface area contributed by atoms with Crippen molar-refractivity contribution in [3.05, 3.63) is 92.7 Å². The average Bonchev–Trinajstić information content (AvgIpc) is 3.90. The van der Waals surface area contributed by atoms with Crippen molar-refractivity contribution in [1.29, 1.82) is 0 Å². The number of aromatic nitrogens is 1. The molecule has 0 unspecified atom stereocenters. The van der Waals surface area contributed by atoms with Crippen LogP contribution in [0, 0.1) is 11.7 Å². The minimum absolute atomic E-state index is 0.0523. The molecule has 3 atom stereocenters. The molecule has 3 aliphatic rings. The molecule has 0 radical (unpaired) electrons. The molecule has 2 aliphatic heterocycles. The summed E-state index contributed by atoms with van der Waals surface area (Å²) in [4.78, 5) is 29.7. The lowest BCUT2D eigenvalue weighted by atomic mass is 9.93. The van der Waals surface area contributed by atoms with Gasteiger partial charge < -0.3 is 30.0 Å². The van der Waals surface area contributed by atoms with Gasteiger partial charge in [-0.2, -0.15) is 4.98 Å². The highest BCUT2D eigenvalue weighted by atomic mass is 35.5. The Hall–Kier alpha value is -4.42. The number of carboxylic acid groups (broad SMARTS) is 1. The van der Waals surface area contributed by atoms with E-state index in [9.17, 15) is 14.7 Å². The summed E-state index contributed by atoms with van der Waals surface area (Å²) in [5, 5.41) is 16.4. The molecule has 0 bridgehead atoms. The Morgan fingerprint density at radius 1 is 0.981 bits per heavy atom. The van der Waals surface area contributed by atoms with Gasteiger partial charge in [0.05, 0.1) is 25.2 Å². The maximum atomic E-state index is 16.1. The number of fused-ring (bicyclic) bond motifs is 1. The second-order valence-corrected chi connectivity index (χ2v) is 14.5. The molecule has 10 nitrogen and oxygen atoms in total. The van der Waals surface area contributed by atoms with Crippen molar-refractivity contribution >= 4 is 35.1 Å². The number of amides is 1. The number of benzene rings is 3. The third kappa shape index (κ3) is 7.66. The number of methoxy groups -OCH3 is 2. The minimum atomic E-state index is -0.785. The van der Waals surface area contributed by atoms with Crippen molar-refractivity contribution in [3.63, 3.8) is 0 Å². The SMILES string of the molecule is COc1nc(O[C@H]2CCc3c(-c4cccc(-c5ccc(CNC[C@@H]6CCC(=O)N6)c(OC)c5F)c4Cl)cccc32)c(Cl)cc1CN1CC[C@@H](C(=O)O)C1. The molecular weight excluding hydrogens is 722 g/mol. The molecule has 1 aromatic heterocycles. The van der Waals surface area contributed by atoms with Crippen LogP contribution in [-0.2, 0) is 29.1 Å². The fourth-order valence-corrected chi connectivity index (χ4v) is 8.28. The number of halogens is 3. The third-order valence-corrected chi connectivity index (χ3v) is 11.1. The van der Waals surface area contributed by atoms with E-state index in [1.54, 1.807) is 18.2 Å². The summed E-state index contributed by atoms with van der Waals surface area (Å²) in [6.45, 7) is 2.56. The number of carbonyl (C=O) groups is 2. The number of carboxylic acids is 1. The lowest BCUT2D eigenvalue weighted by Gasteiger charge is -2.20. The summed E-state index contributed by atoms with van der Waals surface area (Å²) in [6.07, 6.45) is 2.98. The van der Waals surface area contributed by atoms with Crippen LogP contribution in [-0.4, -0.2) is 66.8 Å². The smallest absolute Gasteiger partial charge is 0.307 e. The molecule has 3 aromatic carbocycles. The molecule has 3 N–H and O–H groups in total. The zero-order valence-electron chi connectivity index (χ0n) is 29.5. The van der Waals surface area contributed by atoms with Gasteiger partial charge in [-0.15, -0.1) is 0 Å². The van der Waals surface area contributed by atoms with Gasteiger partial charge in [0.2, 0.25) is 17.7 Å². The van der Waals surface area contributed by atoms with E-state index in [1.165, 1.54) is 14.2 Å². The van der Waals surface area contributed by atoms with Crippen molar-refractivity contribution in [2.75, 3.05) is 33.9 Å². The van der Waals surface area contributed by atoms with Crippen molar-refractivity contribution in [2.45, 2.75) is 57.3 Å². The van der Waals surface area contributed by atoms with E-state index in [0.29, 0.717) is 84.6 Å². The van der Waals surface area contributed by atoms with Crippen LogP contribution >= 0.6 is 23.2 Å². The van der Waals surface area contributed by atoms with Gasteiger partial charge in [-0.1, -0.05) is 71.7 Å². The second-order valence-electron chi connectivity index (χ2n) is 13.7. The zero-order valence-corrected chi connectivity index (χ0v) is 31.0. The molecule has 53 heavy (non-hydrogen) atoms. The fourth-order valence-electron chi connectivity index (χ4n) is 7.73. The first kappa shape index (κ1) is 36.9. The number of hydrogen-bond acceptors (Lipinski definition) is 8. The second kappa shape index (κ2) is 15.9. The maximum absolute atomic E-state index is 16.1. The topological polar surface area (TPSA) is 122 Å². The van der Waals surface area contributed by atoms with Gasteiger partial charge in [-0.05, 0) is 55.0 Å². The number of rotatable bonds is 13. The zero-order chi connectivity index (χ0) is 37.2. The predicted molar refractivity (Wildman–Crippen MR) is 200 cm³/mol. The number of nitrogens with one attached hydrogen (secondary N) is 2. The molecule has 13 heteroatoms. The average molecular weight is 764 g/mol. The van der Waals surface area contributed by atoms with Crippen LogP contribution in [0.5, 0.6) is 17.5 Å². The van der Waals surface area contributed by atoms with Crippen LogP contribution in [0.3, 0.4) is 0 Å². The third-order valence-electron chi connectivity index (χ3n) is 10.4. The Balaban J connectivity index is 1.10. The van der Waals surface area contributed by atoms with E-state index in [1.807, 2.05) is 36.4 Å². The monoisotopic (exact) mass is 762 g/mol. The van der Waals surface area contributed by atoms with Crippen LogP contribution in [0.15, 0.2) is 54.6 Å². The number of nitrogens with zero attached hydrogens (tertiary/aromatic N) is 2. The Morgan fingerprint density at radius 2 is 1.75 bits per heavy atom. The van der Waals surface area contributed by atoms with Crippen LogP contribution in [0.4, 0.5) is 4.39 Å². The number of hydrogen-bond donors (Lipinski definition) is 3. The molecule has 278 valence electrons. The predicted octanol–water partition coefficient (Wildman–Crippen LogP) is 7.22. The molecule has 0 saturated carbocycles. The highest BCUT2D eigenvalue weighted by molar-refractivity contribution is 6.36. The minimum Gasteiger partial charge on any atom is -0.493 e. The van der Waals surface area contributed by atoms with Crippen molar-refractivity contribution in [3.8, 4) is 39.8 Å². The number of likely N-dealkylation sites (tertiary alicyclic amines) is 1. The summed E-state index contributed by atoms with van der Waals surface area (Å²) in [5.74, 6) is -0.834. The van der Waals surface area contributed by atoms with Gasteiger partial charge in [0.1, 0.15) is 11.1 Å². The number of ether oxygens (including phenoxy) is 3. The standard InChI is InChI=1S/C40H41Cl2FN4O6/c1-51-37-22(18-44-19-25-10-14-34(48)45-25)9-11-31(36(37)43)30-8-4-7-29(35(30)42)26-5-3-6-28-27(26)12-13-33(28)53-39-32(41)17-24(38(46-39)52-2)21-47-16-15-23(20-47)40(49)50/h3-9,11,17,23,25,33,44H,10,12-16,18-21H2,1-2H3,(H,45,48)(H,49,50)/t23-,25+,33+/m1/s1. The molecular formula is C40H41Cl2FN4O6. The summed E-state index contributed by atoms with van der Waals surface area (Å²) < 4.78 is 33.7. The number of carbonyl (C=O) groups excluding carboxylic acids is 1. The normalized spacial score (nSPS) is 19.6. The van der Waals surface area contributed by atoms with Gasteiger partial charge in [0.15, 0.2) is 11.6 Å². The molecule has 2 fully saturated rings. The van der Waals surface area contributed by atoms with Crippen LogP contribution in [0.25, 0.3) is 22.3 Å². The Morgan fingerprint density at radius 3 is 2.47 bits per heavy atom. The largest absolute Gasteiger partial charge is 0.493 e. The van der Waals surface area contributed by atoms with Crippen molar-refractivity contribution < 1.29 is 33.3 Å². The summed E-state index contributed by atoms with van der Waals surface area (Å²) in [5.41, 5.74) is 6.09. The Bertz CT molecular complexity index is 2050. The van der Waals surface area contributed by atoms with Gasteiger partial charge in [-0.25, -0.2) is 4.39 Å². The lowest BCUT2D eigenvalue weighted by molar-refractivity contribution is -0.141. The summed E-state index contributed by atoms with van der Waals surface area (Å²) >= 11 is 13.8. The van der Waals surface area contributed by atoms with E-state index >= 15 is 4.39 Å². The first-order chi connectivity index (χ1) is 25.6. The molecule has 7 rings (SSSR count).